The van der Waals surface area contributed by atoms with E-state index in [1.54, 1.807) is 0 Å². The van der Waals surface area contributed by atoms with E-state index in [1.165, 1.54) is 0 Å². The van der Waals surface area contributed by atoms with Crippen LogP contribution in [0.2, 0.25) is 0 Å². The van der Waals surface area contributed by atoms with E-state index in [1.807, 2.05) is 19.1 Å². The highest BCUT2D eigenvalue weighted by molar-refractivity contribution is 9.10. The molecule has 1 atom stereocenters. The number of nitrogens with one attached hydrogen (secondary N) is 1. The molecular weight excluding hydrogens is 272 g/mol. The maximum absolute atomic E-state index is 11.1. The number of ether oxygens (including phenoxy) is 1. The van der Waals surface area contributed by atoms with E-state index in [2.05, 4.69) is 21.2 Å². The largest absolute Gasteiger partial charge is 0.482 e. The van der Waals surface area contributed by atoms with Gasteiger partial charge in [-0.1, -0.05) is 22.9 Å². The molecule has 1 aromatic rings. The molecule has 0 saturated carbocycles. The molecule has 1 aromatic carbocycles. The zero-order valence-corrected chi connectivity index (χ0v) is 10.5. The summed E-state index contributed by atoms with van der Waals surface area (Å²) in [7, 11) is 0. The summed E-state index contributed by atoms with van der Waals surface area (Å²) in [5.41, 5.74) is 7.67. The molecule has 1 aliphatic rings. The number of hydrogen-bond donors (Lipinski definition) is 2. The van der Waals surface area contributed by atoms with Crippen molar-refractivity contribution in [3.8, 4) is 5.75 Å². The predicted octanol–water partition coefficient (Wildman–Crippen LogP) is 2.19. The van der Waals surface area contributed by atoms with Crippen molar-refractivity contribution >= 4 is 27.5 Å². The summed E-state index contributed by atoms with van der Waals surface area (Å²) in [5.74, 6) is 0.550. The Morgan fingerprint density at radius 3 is 3.06 bits per heavy atom. The Morgan fingerprint density at radius 2 is 2.38 bits per heavy atom. The molecule has 0 aromatic heterocycles. The molecule has 1 aliphatic heterocycles. The normalized spacial score (nSPS) is 16.1. The van der Waals surface area contributed by atoms with Gasteiger partial charge in [-0.25, -0.2) is 0 Å². The maximum Gasteiger partial charge on any atom is 0.262 e. The lowest BCUT2D eigenvalue weighted by atomic mass is 10.0. The van der Waals surface area contributed by atoms with Crippen molar-refractivity contribution in [2.75, 3.05) is 11.9 Å². The molecular formula is C11H13BrN2O2. The first-order valence-electron chi connectivity index (χ1n) is 5.13. The third kappa shape index (κ3) is 2.05. The molecule has 0 unspecified atom stereocenters. The minimum absolute atomic E-state index is 0.0269. The van der Waals surface area contributed by atoms with Crippen molar-refractivity contribution in [3.63, 3.8) is 0 Å². The van der Waals surface area contributed by atoms with Gasteiger partial charge in [-0.3, -0.25) is 4.79 Å². The molecule has 1 amide bonds. The van der Waals surface area contributed by atoms with Crippen molar-refractivity contribution in [2.24, 2.45) is 5.73 Å². The Labute approximate surface area is 102 Å². The van der Waals surface area contributed by atoms with E-state index in [0.29, 0.717) is 11.4 Å². The summed E-state index contributed by atoms with van der Waals surface area (Å²) in [5, 5.41) is 2.75. The van der Waals surface area contributed by atoms with Crippen LogP contribution in [0.1, 0.15) is 24.9 Å². The van der Waals surface area contributed by atoms with E-state index in [-0.39, 0.29) is 18.6 Å². The summed E-state index contributed by atoms with van der Waals surface area (Å²) in [6.07, 6.45) is 0.851. The number of fused-ring (bicyclic) bond motifs is 1. The van der Waals surface area contributed by atoms with Gasteiger partial charge in [-0.2, -0.15) is 0 Å². The monoisotopic (exact) mass is 284 g/mol. The number of benzene rings is 1. The van der Waals surface area contributed by atoms with Gasteiger partial charge in [0, 0.05) is 10.5 Å². The van der Waals surface area contributed by atoms with Crippen molar-refractivity contribution in [1.82, 2.24) is 0 Å². The molecule has 0 aliphatic carbocycles. The highest BCUT2D eigenvalue weighted by atomic mass is 79.9. The lowest BCUT2D eigenvalue weighted by Gasteiger charge is -2.21. The Morgan fingerprint density at radius 1 is 1.62 bits per heavy atom. The first kappa shape index (κ1) is 11.4. The number of carbonyl (C=O) groups is 1. The average Bonchev–Trinajstić information content (AvgIpc) is 2.27. The van der Waals surface area contributed by atoms with Crippen molar-refractivity contribution < 1.29 is 9.53 Å². The summed E-state index contributed by atoms with van der Waals surface area (Å²) in [6, 6.07) is 3.69. The fourth-order valence-corrected chi connectivity index (χ4v) is 2.26. The minimum Gasteiger partial charge on any atom is -0.482 e. The fourth-order valence-electron chi connectivity index (χ4n) is 1.62. The van der Waals surface area contributed by atoms with Gasteiger partial charge >= 0.3 is 0 Å². The van der Waals surface area contributed by atoms with Crippen LogP contribution in [0.25, 0.3) is 0 Å². The molecule has 0 radical (unpaired) electrons. The molecule has 4 nitrogen and oxygen atoms in total. The van der Waals surface area contributed by atoms with Gasteiger partial charge in [-0.15, -0.1) is 0 Å². The first-order chi connectivity index (χ1) is 7.61. The van der Waals surface area contributed by atoms with Crippen LogP contribution in [-0.4, -0.2) is 12.5 Å². The van der Waals surface area contributed by atoms with Crippen LogP contribution in [0.15, 0.2) is 16.6 Å². The first-order valence-corrected chi connectivity index (χ1v) is 5.92. The fraction of sp³-hybridized carbons (Fsp3) is 0.364. The van der Waals surface area contributed by atoms with Gasteiger partial charge in [0.05, 0.1) is 5.69 Å². The molecule has 3 N–H and O–H groups in total. The van der Waals surface area contributed by atoms with Gasteiger partial charge in [-0.05, 0) is 24.1 Å². The second kappa shape index (κ2) is 4.43. The van der Waals surface area contributed by atoms with E-state index in [0.717, 1.165) is 16.5 Å². The van der Waals surface area contributed by atoms with Gasteiger partial charge in [0.1, 0.15) is 5.75 Å². The van der Waals surface area contributed by atoms with Crippen molar-refractivity contribution in [3.05, 3.63) is 22.2 Å². The number of nitrogens with two attached hydrogens (primary N) is 1. The number of anilines is 1. The summed E-state index contributed by atoms with van der Waals surface area (Å²) in [4.78, 5) is 11.1. The zero-order valence-electron chi connectivity index (χ0n) is 8.92. The van der Waals surface area contributed by atoms with Gasteiger partial charge in [0.2, 0.25) is 0 Å². The Bertz CT molecular complexity index is 434. The van der Waals surface area contributed by atoms with Crippen LogP contribution in [0.4, 0.5) is 5.69 Å². The third-order valence-corrected chi connectivity index (χ3v) is 3.26. The lowest BCUT2D eigenvalue weighted by molar-refractivity contribution is -0.118. The van der Waals surface area contributed by atoms with Crippen LogP contribution in [0.5, 0.6) is 5.75 Å². The van der Waals surface area contributed by atoms with E-state index in [9.17, 15) is 4.79 Å². The smallest absolute Gasteiger partial charge is 0.262 e. The van der Waals surface area contributed by atoms with Crippen molar-refractivity contribution in [2.45, 2.75) is 19.4 Å². The van der Waals surface area contributed by atoms with Crippen LogP contribution < -0.4 is 15.8 Å². The van der Waals surface area contributed by atoms with Gasteiger partial charge < -0.3 is 15.8 Å². The third-order valence-electron chi connectivity index (χ3n) is 2.57. The van der Waals surface area contributed by atoms with E-state index < -0.39 is 0 Å². The summed E-state index contributed by atoms with van der Waals surface area (Å²) in [6.45, 7) is 2.09. The number of hydrogen-bond acceptors (Lipinski definition) is 3. The van der Waals surface area contributed by atoms with Gasteiger partial charge in [0.15, 0.2) is 6.61 Å². The number of halogens is 1. The number of amides is 1. The predicted molar refractivity (Wildman–Crippen MR) is 65.5 cm³/mol. The molecule has 86 valence electrons. The lowest BCUT2D eigenvalue weighted by Crippen LogP contribution is -2.25. The maximum atomic E-state index is 11.1. The highest BCUT2D eigenvalue weighted by Crippen LogP contribution is 2.36. The standard InChI is InChI=1S/C11H13BrN2O2/c1-2-8(13)6-3-10-9(4-7(6)12)14-11(15)5-16-10/h3-4,8H,2,5,13H2,1H3,(H,14,15)/t8-/m1/s1. The molecule has 1 heterocycles. The van der Waals surface area contributed by atoms with Crippen LogP contribution >= 0.6 is 15.9 Å². The number of rotatable bonds is 2. The summed E-state index contributed by atoms with van der Waals surface area (Å²) >= 11 is 3.45. The Balaban J connectivity index is 2.41. The average molecular weight is 285 g/mol. The van der Waals surface area contributed by atoms with E-state index >= 15 is 0 Å². The zero-order chi connectivity index (χ0) is 11.7. The Kier molecular flexibility index (Phi) is 3.16. The number of carbonyl (C=O) groups excluding carboxylic acids is 1. The van der Waals surface area contributed by atoms with Crippen LogP contribution in [0, 0.1) is 0 Å². The SMILES string of the molecule is CC[C@@H](N)c1cc2c(cc1Br)NC(=O)CO2. The molecule has 0 bridgehead atoms. The molecule has 0 saturated heterocycles. The topological polar surface area (TPSA) is 64.3 Å². The molecule has 5 heteroatoms. The summed E-state index contributed by atoms with van der Waals surface area (Å²) < 4.78 is 6.23. The Hall–Kier alpha value is -1.07. The minimum atomic E-state index is -0.132. The second-order valence-corrected chi connectivity index (χ2v) is 4.58. The molecule has 0 spiro atoms. The highest BCUT2D eigenvalue weighted by Gasteiger charge is 2.19. The molecule has 16 heavy (non-hydrogen) atoms. The second-order valence-electron chi connectivity index (χ2n) is 3.72. The quantitative estimate of drug-likeness (QED) is 0.875. The van der Waals surface area contributed by atoms with E-state index in [4.69, 9.17) is 10.5 Å². The van der Waals surface area contributed by atoms with Crippen LogP contribution in [0.3, 0.4) is 0 Å². The molecule has 2 rings (SSSR count). The molecule has 0 fully saturated rings. The van der Waals surface area contributed by atoms with Crippen LogP contribution in [-0.2, 0) is 4.79 Å². The van der Waals surface area contributed by atoms with Crippen molar-refractivity contribution in [1.29, 1.82) is 0 Å². The van der Waals surface area contributed by atoms with Gasteiger partial charge in [0.25, 0.3) is 5.91 Å².